The van der Waals surface area contributed by atoms with Crippen LogP contribution in [0.2, 0.25) is 0 Å². The lowest BCUT2D eigenvalue weighted by Crippen LogP contribution is -2.25. The van der Waals surface area contributed by atoms with E-state index in [4.69, 9.17) is 19.2 Å². The third kappa shape index (κ3) is 129. The van der Waals surface area contributed by atoms with E-state index in [9.17, 15) is 0 Å². The fraction of sp³-hybridized carbons (Fsp3) is 0.895. The molecule has 0 rings (SSSR count). The average molecular weight is 1740 g/mol. The van der Waals surface area contributed by atoms with Crippen LogP contribution in [-0.2, 0) is 4.57 Å². The van der Waals surface area contributed by atoms with Crippen molar-refractivity contribution in [2.24, 2.45) is 0 Å². The summed E-state index contributed by atoms with van der Waals surface area (Å²) in [5.41, 5.74) is 0. The Bertz CT molecular complexity index is 1780. The van der Waals surface area contributed by atoms with Gasteiger partial charge >= 0.3 is 0 Å². The summed E-state index contributed by atoms with van der Waals surface area (Å²) in [7, 11) is 8.38. The molecule has 0 aromatic rings. The first kappa shape index (κ1) is 127. The minimum atomic E-state index is -5.39. The number of hydrogen-bond donors (Lipinski definition) is 0. The van der Waals surface area contributed by atoms with Crippen molar-refractivity contribution in [3.63, 3.8) is 0 Å². The molecule has 0 saturated carbocycles. The zero-order chi connectivity index (χ0) is 90.1. The number of phosphoric acid groups is 1. The Kier molecular flexibility index (Phi) is 112. The SMILES string of the molecule is CCCCCCCCCCCCCCCC/C=C/[N+](C)(C)/C=C/CCCCCCCCCCCCCCCC.CCCCCCCCCCCCCCCC/C=C/[N+](C)(C)/C=C/CCCCCCCCCCCCCCCC.CCCCCCCCCCCCCCCC/C=C/[N+](C)(C)/C=C/CCCCCCCCCCCCCCCC.O=P([O-])([O-])[O-]. The monoisotopic (exact) mass is 1730 g/mol. The summed E-state index contributed by atoms with van der Waals surface area (Å²) in [5, 5.41) is 0. The predicted octanol–water partition coefficient (Wildman–Crippen LogP) is 38.7. The van der Waals surface area contributed by atoms with Gasteiger partial charge in [-0.2, -0.15) is 7.82 Å². The first-order valence-corrected chi connectivity index (χ1v) is 57.1. The van der Waals surface area contributed by atoms with Gasteiger partial charge in [-0.25, -0.2) is 0 Å². The molecule has 122 heavy (non-hydrogen) atoms. The summed E-state index contributed by atoms with van der Waals surface area (Å²) in [4.78, 5) is 25.6. The van der Waals surface area contributed by atoms with Gasteiger partial charge in [-0.05, 0) is 114 Å². The molecule has 728 valence electrons. The molecule has 0 aromatic heterocycles. The number of hydrogen-bond acceptors (Lipinski definition) is 4. The zero-order valence-electron chi connectivity index (χ0n) is 86.0. The van der Waals surface area contributed by atoms with Crippen molar-refractivity contribution in [2.45, 2.75) is 619 Å². The van der Waals surface area contributed by atoms with Crippen molar-refractivity contribution in [1.82, 2.24) is 0 Å². The number of unbranched alkanes of at least 4 members (excludes halogenated alkanes) is 84. The molecule has 0 unspecified atom stereocenters. The van der Waals surface area contributed by atoms with Gasteiger partial charge in [-0.1, -0.05) is 542 Å². The van der Waals surface area contributed by atoms with Gasteiger partial charge in [0.15, 0.2) is 0 Å². The molecule has 0 aliphatic carbocycles. The van der Waals surface area contributed by atoms with Crippen LogP contribution in [0, 0.1) is 0 Å². The van der Waals surface area contributed by atoms with E-state index in [1.807, 2.05) is 0 Å². The first-order valence-electron chi connectivity index (χ1n) is 55.7. The summed E-state index contributed by atoms with van der Waals surface area (Å²) in [6.07, 6.45) is 157. The van der Waals surface area contributed by atoms with Crippen LogP contribution in [-0.4, -0.2) is 55.7 Å². The van der Waals surface area contributed by atoms with E-state index in [2.05, 4.69) is 157 Å². The van der Waals surface area contributed by atoms with E-state index >= 15 is 0 Å². The first-order chi connectivity index (χ1) is 59.4. The third-order valence-corrected chi connectivity index (χ3v) is 25.3. The number of allylic oxidation sites excluding steroid dienone is 6. The van der Waals surface area contributed by atoms with E-state index < -0.39 is 7.82 Å². The van der Waals surface area contributed by atoms with Crippen molar-refractivity contribution in [3.05, 3.63) is 73.7 Å². The standard InChI is InChI=1S/3C38H76N.H3O4P/c3*1-5-7-9-11-13-15-17-19-21-23-25-27-29-31-33-35-37-39(3,4)38-36-34-32-30-28-26-24-22-20-18-16-14-12-10-8-6-2;1-5(2,3)4/h3*35-38H,5-34H2,1-4H3;(H3,1,2,3,4)/q3*+1;/p-3/b3*37-35+,38-36+;. The maximum absolute atomic E-state index is 8.55. The molecule has 7 nitrogen and oxygen atoms in total. The van der Waals surface area contributed by atoms with Gasteiger partial charge < -0.3 is 19.2 Å². The zero-order valence-corrected chi connectivity index (χ0v) is 86.9. The maximum atomic E-state index is 8.55. The molecule has 0 fully saturated rings. The Hall–Kier alpha value is -1.57. The molecule has 0 heterocycles. The fourth-order valence-electron chi connectivity index (χ4n) is 17.0. The largest absolute Gasteiger partial charge is 0.822 e. The van der Waals surface area contributed by atoms with E-state index in [0.29, 0.717) is 0 Å². The molecule has 0 radical (unpaired) electrons. The van der Waals surface area contributed by atoms with Crippen molar-refractivity contribution < 1.29 is 32.7 Å². The molecule has 0 aliphatic heterocycles. The second-order valence-electron chi connectivity index (χ2n) is 40.0. The van der Waals surface area contributed by atoms with E-state index in [1.165, 1.54) is 578 Å². The highest BCUT2D eigenvalue weighted by Crippen LogP contribution is 2.23. The van der Waals surface area contributed by atoms with Gasteiger partial charge in [-0.3, -0.25) is 13.4 Å². The molecule has 0 spiro atoms. The molecule has 0 atom stereocenters. The van der Waals surface area contributed by atoms with Crippen molar-refractivity contribution >= 4 is 7.82 Å². The molecule has 0 saturated heterocycles. The Morgan fingerprint density at radius 2 is 0.213 bits per heavy atom. The topological polar surface area (TPSA) is 86.2 Å². The van der Waals surface area contributed by atoms with Crippen LogP contribution < -0.4 is 14.7 Å². The predicted molar refractivity (Wildman–Crippen MR) is 548 cm³/mol. The minimum absolute atomic E-state index is 0.886. The normalized spacial score (nSPS) is 12.4. The van der Waals surface area contributed by atoms with Gasteiger partial charge in [0, 0.05) is 0 Å². The summed E-state index contributed by atoms with van der Waals surface area (Å²) < 4.78 is 11.2. The fourth-order valence-corrected chi connectivity index (χ4v) is 17.0. The van der Waals surface area contributed by atoms with Gasteiger partial charge in [0.2, 0.25) is 0 Å². The lowest BCUT2D eigenvalue weighted by Gasteiger charge is -2.36. The van der Waals surface area contributed by atoms with Crippen molar-refractivity contribution in [2.75, 3.05) is 42.3 Å². The van der Waals surface area contributed by atoms with Crippen LogP contribution in [0.3, 0.4) is 0 Å². The van der Waals surface area contributed by atoms with Crippen molar-refractivity contribution in [1.29, 1.82) is 0 Å². The highest BCUT2D eigenvalue weighted by Gasteiger charge is 2.09. The number of rotatable bonds is 96. The summed E-state index contributed by atoms with van der Waals surface area (Å²) >= 11 is 0. The summed E-state index contributed by atoms with van der Waals surface area (Å²) in [6, 6.07) is 0. The molecule has 0 amide bonds. The molecule has 0 bridgehead atoms. The smallest absolute Gasteiger partial charge is 0.0959 e. The Morgan fingerprint density at radius 1 is 0.148 bits per heavy atom. The Balaban J connectivity index is -0.000000831. The van der Waals surface area contributed by atoms with Crippen LogP contribution in [0.15, 0.2) is 73.7 Å². The van der Waals surface area contributed by atoms with E-state index in [1.54, 1.807) is 0 Å². The van der Waals surface area contributed by atoms with Crippen LogP contribution in [0.1, 0.15) is 619 Å². The molecule has 0 aliphatic rings. The summed E-state index contributed by atoms with van der Waals surface area (Å²) in [5.74, 6) is 0. The molecular formula is C114H228N3O4P. The summed E-state index contributed by atoms with van der Waals surface area (Å²) in [6.45, 7) is 13.8. The third-order valence-electron chi connectivity index (χ3n) is 25.3. The maximum Gasteiger partial charge on any atom is 0.0959 e. The van der Waals surface area contributed by atoms with Gasteiger partial charge in [-0.15, -0.1) is 0 Å². The molecule has 0 aromatic carbocycles. The lowest BCUT2D eigenvalue weighted by atomic mass is 10.0. The van der Waals surface area contributed by atoms with E-state index in [0.717, 1.165) is 13.4 Å². The quantitative estimate of drug-likeness (QED) is 0.0345. The molecule has 8 heteroatoms. The second-order valence-corrected chi connectivity index (χ2v) is 40.8. The highest BCUT2D eigenvalue weighted by atomic mass is 31.2. The van der Waals surface area contributed by atoms with Crippen LogP contribution in [0.4, 0.5) is 0 Å². The highest BCUT2D eigenvalue weighted by molar-refractivity contribution is 7.40. The van der Waals surface area contributed by atoms with Gasteiger partial charge in [0.05, 0.1) is 79.5 Å². The lowest BCUT2D eigenvalue weighted by molar-refractivity contribution is -0.784. The van der Waals surface area contributed by atoms with Gasteiger partial charge in [0.25, 0.3) is 0 Å². The van der Waals surface area contributed by atoms with Crippen molar-refractivity contribution in [3.8, 4) is 0 Å². The molecule has 0 N–H and O–H groups in total. The van der Waals surface area contributed by atoms with Crippen LogP contribution in [0.25, 0.3) is 0 Å². The second kappa shape index (κ2) is 108. The number of quaternary nitrogens is 3. The average Bonchev–Trinajstić information content (AvgIpc) is 0.950. The Labute approximate surface area is 771 Å². The minimum Gasteiger partial charge on any atom is -0.822 e. The number of nitrogens with zero attached hydrogens (tertiary/aromatic N) is 3. The Morgan fingerprint density at radius 3 is 0.287 bits per heavy atom. The van der Waals surface area contributed by atoms with E-state index in [-0.39, 0.29) is 0 Å². The van der Waals surface area contributed by atoms with Crippen LogP contribution in [0.5, 0.6) is 0 Å². The molecular weight excluding hydrogens is 1510 g/mol. The van der Waals surface area contributed by atoms with Crippen LogP contribution >= 0.6 is 7.82 Å². The van der Waals surface area contributed by atoms with Gasteiger partial charge in [0.1, 0.15) is 0 Å².